The molecule has 0 aromatic carbocycles. The third-order valence-electron chi connectivity index (χ3n) is 3.60. The SMILES string of the molecule is Cc1cc(NC(=O)c2c(F)c(S(=O)(=O)NC(C)C(F)(F)F)cn2C)cc(F)n1. The van der Waals surface area contributed by atoms with E-state index in [0.29, 0.717) is 13.1 Å². The molecule has 2 N–H and O–H groups in total. The molecule has 2 heterocycles. The Hall–Kier alpha value is -2.54. The highest BCUT2D eigenvalue weighted by molar-refractivity contribution is 7.89. The summed E-state index contributed by atoms with van der Waals surface area (Å²) in [7, 11) is -3.78. The number of rotatable bonds is 5. The highest BCUT2D eigenvalue weighted by Crippen LogP contribution is 2.25. The molecule has 0 saturated carbocycles. The van der Waals surface area contributed by atoms with Gasteiger partial charge in [-0.1, -0.05) is 0 Å². The van der Waals surface area contributed by atoms with E-state index in [1.165, 1.54) is 17.7 Å². The number of sulfonamides is 1. The quantitative estimate of drug-likeness (QED) is 0.568. The summed E-state index contributed by atoms with van der Waals surface area (Å²) in [5, 5.41) is 2.18. The summed E-state index contributed by atoms with van der Waals surface area (Å²) in [5.41, 5.74) is -0.616. The van der Waals surface area contributed by atoms with E-state index in [4.69, 9.17) is 0 Å². The molecule has 154 valence electrons. The van der Waals surface area contributed by atoms with Crippen molar-refractivity contribution in [1.82, 2.24) is 14.3 Å². The minimum atomic E-state index is -4.91. The van der Waals surface area contributed by atoms with E-state index in [2.05, 4.69) is 10.3 Å². The maximum absolute atomic E-state index is 14.6. The molecule has 0 aliphatic heterocycles. The largest absolute Gasteiger partial charge is 0.404 e. The van der Waals surface area contributed by atoms with Gasteiger partial charge in [0.15, 0.2) is 5.82 Å². The monoisotopic (exact) mass is 426 g/mol. The van der Waals surface area contributed by atoms with Crippen LogP contribution in [0.25, 0.3) is 0 Å². The molecule has 1 atom stereocenters. The van der Waals surface area contributed by atoms with Gasteiger partial charge >= 0.3 is 6.18 Å². The first kappa shape index (κ1) is 21.8. The van der Waals surface area contributed by atoms with Crippen LogP contribution in [0.3, 0.4) is 0 Å². The van der Waals surface area contributed by atoms with Crippen LogP contribution in [-0.2, 0) is 17.1 Å². The number of nitrogens with one attached hydrogen (secondary N) is 2. The van der Waals surface area contributed by atoms with Gasteiger partial charge in [-0.2, -0.15) is 22.3 Å². The lowest BCUT2D eigenvalue weighted by molar-refractivity contribution is -0.147. The summed E-state index contributed by atoms with van der Waals surface area (Å²) in [6, 6.07) is -0.334. The minimum Gasteiger partial charge on any atom is -0.343 e. The molecule has 0 fully saturated rings. The molecule has 28 heavy (non-hydrogen) atoms. The topological polar surface area (TPSA) is 93.1 Å². The van der Waals surface area contributed by atoms with E-state index in [1.54, 1.807) is 0 Å². The van der Waals surface area contributed by atoms with Gasteiger partial charge in [0.05, 0.1) is 0 Å². The highest BCUT2D eigenvalue weighted by atomic mass is 32.2. The molecule has 13 heteroatoms. The molecule has 2 aromatic heterocycles. The number of pyridine rings is 1. The Bertz CT molecular complexity index is 997. The van der Waals surface area contributed by atoms with Crippen LogP contribution in [0.5, 0.6) is 0 Å². The summed E-state index contributed by atoms with van der Waals surface area (Å²) >= 11 is 0. The Kier molecular flexibility index (Phi) is 5.80. The second kappa shape index (κ2) is 7.47. The number of hydrogen-bond donors (Lipinski definition) is 2. The first-order valence-electron chi connectivity index (χ1n) is 7.61. The molecular weight excluding hydrogens is 411 g/mol. The average molecular weight is 426 g/mol. The van der Waals surface area contributed by atoms with Crippen molar-refractivity contribution in [2.45, 2.75) is 31.0 Å². The average Bonchev–Trinajstić information content (AvgIpc) is 2.80. The second-order valence-corrected chi connectivity index (χ2v) is 7.61. The lowest BCUT2D eigenvalue weighted by atomic mass is 10.3. The van der Waals surface area contributed by atoms with Crippen LogP contribution < -0.4 is 10.0 Å². The van der Waals surface area contributed by atoms with Crippen molar-refractivity contribution in [2.24, 2.45) is 7.05 Å². The van der Waals surface area contributed by atoms with Crippen LogP contribution in [-0.4, -0.2) is 36.1 Å². The van der Waals surface area contributed by atoms with Crippen LogP contribution in [0, 0.1) is 18.7 Å². The number of carbonyl (C=O) groups excluding carboxylic acids is 1. The maximum Gasteiger partial charge on any atom is 0.404 e. The van der Waals surface area contributed by atoms with E-state index in [1.807, 2.05) is 0 Å². The van der Waals surface area contributed by atoms with Gasteiger partial charge in [-0.15, -0.1) is 0 Å². The van der Waals surface area contributed by atoms with Crippen molar-refractivity contribution in [1.29, 1.82) is 0 Å². The molecule has 0 saturated heterocycles. The van der Waals surface area contributed by atoms with Gasteiger partial charge in [0.2, 0.25) is 16.0 Å². The van der Waals surface area contributed by atoms with Crippen molar-refractivity contribution in [3.63, 3.8) is 0 Å². The third-order valence-corrected chi connectivity index (χ3v) is 5.12. The standard InChI is InChI=1S/C15H15F5N4O3S/c1-7-4-9(5-11(16)21-7)22-14(25)13-12(17)10(6-24(13)3)28(26,27)23-8(2)15(18,19)20/h4-6,8,23H,1-3H3,(H,21,22,25). The first-order chi connectivity index (χ1) is 12.7. The maximum atomic E-state index is 14.6. The zero-order valence-corrected chi connectivity index (χ0v) is 15.5. The molecular formula is C15H15F5N4O3S. The summed E-state index contributed by atoms with van der Waals surface area (Å²) in [6.45, 7) is 1.99. The van der Waals surface area contributed by atoms with Crippen molar-refractivity contribution in [3.8, 4) is 0 Å². The molecule has 0 radical (unpaired) electrons. The Morgan fingerprint density at radius 1 is 1.25 bits per heavy atom. The van der Waals surface area contributed by atoms with E-state index < -0.39 is 50.5 Å². The number of aromatic nitrogens is 2. The van der Waals surface area contributed by atoms with Crippen LogP contribution in [0.2, 0.25) is 0 Å². The van der Waals surface area contributed by atoms with Gasteiger partial charge < -0.3 is 9.88 Å². The zero-order valence-electron chi connectivity index (χ0n) is 14.7. The first-order valence-corrected chi connectivity index (χ1v) is 9.10. The number of amides is 1. The van der Waals surface area contributed by atoms with Gasteiger partial charge in [0.25, 0.3) is 5.91 Å². The number of carbonyl (C=O) groups is 1. The number of hydrogen-bond acceptors (Lipinski definition) is 4. The minimum absolute atomic E-state index is 0.0659. The predicted octanol–water partition coefficient (Wildman–Crippen LogP) is 2.49. The van der Waals surface area contributed by atoms with Crippen molar-refractivity contribution in [3.05, 3.63) is 41.5 Å². The van der Waals surface area contributed by atoms with Gasteiger partial charge in [0.1, 0.15) is 16.6 Å². The summed E-state index contributed by atoms with van der Waals surface area (Å²) in [4.78, 5) is 14.6. The zero-order chi connectivity index (χ0) is 21.4. The Morgan fingerprint density at radius 2 is 1.86 bits per heavy atom. The number of nitrogens with zero attached hydrogens (tertiary/aromatic N) is 2. The molecule has 1 amide bonds. The second-order valence-electron chi connectivity index (χ2n) is 5.93. The smallest absolute Gasteiger partial charge is 0.343 e. The molecule has 1 unspecified atom stereocenters. The summed E-state index contributed by atoms with van der Waals surface area (Å²) in [5.74, 6) is -3.58. The van der Waals surface area contributed by atoms with Crippen LogP contribution in [0.4, 0.5) is 27.6 Å². The van der Waals surface area contributed by atoms with Crippen molar-refractivity contribution < 1.29 is 35.2 Å². The lowest BCUT2D eigenvalue weighted by Gasteiger charge is -2.16. The fourth-order valence-corrected chi connectivity index (χ4v) is 3.62. The molecule has 7 nitrogen and oxygen atoms in total. The van der Waals surface area contributed by atoms with E-state index in [-0.39, 0.29) is 11.4 Å². The van der Waals surface area contributed by atoms with Gasteiger partial charge in [-0.3, -0.25) is 4.79 Å². The van der Waals surface area contributed by atoms with Gasteiger partial charge in [-0.25, -0.2) is 17.8 Å². The van der Waals surface area contributed by atoms with Crippen LogP contribution >= 0.6 is 0 Å². The Labute approximate surface area is 156 Å². The fourth-order valence-electron chi connectivity index (χ4n) is 2.27. The Morgan fingerprint density at radius 3 is 2.39 bits per heavy atom. The van der Waals surface area contributed by atoms with Crippen LogP contribution in [0.15, 0.2) is 23.2 Å². The highest BCUT2D eigenvalue weighted by Gasteiger charge is 2.40. The molecule has 0 spiro atoms. The summed E-state index contributed by atoms with van der Waals surface area (Å²) in [6.07, 6.45) is -4.23. The molecule has 0 aliphatic rings. The molecule has 2 rings (SSSR count). The van der Waals surface area contributed by atoms with Crippen molar-refractivity contribution in [2.75, 3.05) is 5.32 Å². The van der Waals surface area contributed by atoms with E-state index in [0.717, 1.165) is 17.7 Å². The number of alkyl halides is 3. The number of anilines is 1. The van der Waals surface area contributed by atoms with E-state index >= 15 is 0 Å². The lowest BCUT2D eigenvalue weighted by Crippen LogP contribution is -2.43. The molecule has 2 aromatic rings. The number of aryl methyl sites for hydroxylation is 2. The number of halogens is 5. The fraction of sp³-hybridized carbons (Fsp3) is 0.333. The van der Waals surface area contributed by atoms with Gasteiger partial charge in [-0.05, 0) is 19.9 Å². The van der Waals surface area contributed by atoms with Crippen LogP contribution in [0.1, 0.15) is 23.1 Å². The van der Waals surface area contributed by atoms with E-state index in [9.17, 15) is 35.2 Å². The van der Waals surface area contributed by atoms with Gasteiger partial charge in [0, 0.05) is 30.7 Å². The third kappa shape index (κ3) is 4.65. The summed E-state index contributed by atoms with van der Waals surface area (Å²) < 4.78 is 91.9. The molecule has 0 aliphatic carbocycles. The Balaban J connectivity index is 2.36. The normalized spacial score (nSPS) is 13.4. The molecule has 0 bridgehead atoms. The van der Waals surface area contributed by atoms with Crippen molar-refractivity contribution >= 4 is 21.6 Å². The predicted molar refractivity (Wildman–Crippen MR) is 88.1 cm³/mol.